The molecule has 0 saturated heterocycles. The summed E-state index contributed by atoms with van der Waals surface area (Å²) in [5, 5.41) is 10.9. The van der Waals surface area contributed by atoms with Crippen molar-refractivity contribution in [3.63, 3.8) is 0 Å². The summed E-state index contributed by atoms with van der Waals surface area (Å²) in [6.07, 6.45) is 0.945. The van der Waals surface area contributed by atoms with Gasteiger partial charge in [0.05, 0.1) is 17.1 Å². The molecule has 192 valence electrons. The molecule has 0 aliphatic heterocycles. The van der Waals surface area contributed by atoms with Gasteiger partial charge in [-0.1, -0.05) is 19.1 Å². The molecule has 0 fully saturated rings. The highest BCUT2D eigenvalue weighted by molar-refractivity contribution is 6.06. The zero-order chi connectivity index (χ0) is 26.9. The minimum atomic E-state index is -4.51. The van der Waals surface area contributed by atoms with Crippen LogP contribution in [0.1, 0.15) is 28.4 Å². The van der Waals surface area contributed by atoms with Crippen LogP contribution in [0.5, 0.6) is 0 Å². The third-order valence-electron chi connectivity index (χ3n) is 5.99. The molecule has 5 rings (SSSR count). The average Bonchev–Trinajstić information content (AvgIpc) is 3.29. The number of halogens is 3. The molecule has 0 atom stereocenters. The van der Waals surface area contributed by atoms with Gasteiger partial charge in [0.15, 0.2) is 11.5 Å². The quantitative estimate of drug-likeness (QED) is 0.287. The second-order valence-corrected chi connectivity index (χ2v) is 8.49. The van der Waals surface area contributed by atoms with Gasteiger partial charge in [0.1, 0.15) is 5.82 Å². The summed E-state index contributed by atoms with van der Waals surface area (Å²) in [4.78, 5) is 26.6. The van der Waals surface area contributed by atoms with Crippen LogP contribution >= 0.6 is 0 Å². The number of carbonyl (C=O) groups is 1. The van der Waals surface area contributed by atoms with Gasteiger partial charge in [-0.3, -0.25) is 14.5 Å². The van der Waals surface area contributed by atoms with Crippen molar-refractivity contribution >= 4 is 34.1 Å². The van der Waals surface area contributed by atoms with Crippen LogP contribution in [-0.2, 0) is 19.6 Å². The zero-order valence-electron chi connectivity index (χ0n) is 20.4. The predicted molar refractivity (Wildman–Crippen MR) is 138 cm³/mol. The number of alkyl halides is 3. The molecule has 0 aliphatic rings. The minimum Gasteiger partial charge on any atom is -0.339 e. The van der Waals surface area contributed by atoms with E-state index in [2.05, 4.69) is 25.7 Å². The lowest BCUT2D eigenvalue weighted by Crippen LogP contribution is -2.16. The summed E-state index contributed by atoms with van der Waals surface area (Å²) in [5.41, 5.74) is 2.19. The number of hydrogen-bond acceptors (Lipinski definition) is 6. The SMILES string of the molecule is CCc1c(Nc2nc(-c3cccnc3)nc3c2cnn3C)cccc1C(=O)Nc1cccc(C(F)(F)F)c1. The molecule has 3 aromatic heterocycles. The maximum absolute atomic E-state index is 13.1. The van der Waals surface area contributed by atoms with Gasteiger partial charge in [-0.2, -0.15) is 18.3 Å². The van der Waals surface area contributed by atoms with Crippen LogP contribution in [0.4, 0.5) is 30.4 Å². The maximum atomic E-state index is 13.1. The van der Waals surface area contributed by atoms with Crippen LogP contribution in [0.25, 0.3) is 22.4 Å². The Hall–Kier alpha value is -4.80. The lowest BCUT2D eigenvalue weighted by Gasteiger charge is -2.16. The molecule has 5 aromatic rings. The van der Waals surface area contributed by atoms with E-state index >= 15 is 0 Å². The Morgan fingerprint density at radius 1 is 1.03 bits per heavy atom. The fourth-order valence-electron chi connectivity index (χ4n) is 4.14. The highest BCUT2D eigenvalue weighted by atomic mass is 19.4. The van der Waals surface area contributed by atoms with E-state index in [1.807, 2.05) is 19.1 Å². The number of rotatable bonds is 6. The van der Waals surface area contributed by atoms with E-state index < -0.39 is 17.6 Å². The number of fused-ring (bicyclic) bond motifs is 1. The Kier molecular flexibility index (Phi) is 6.50. The van der Waals surface area contributed by atoms with Crippen molar-refractivity contribution in [3.8, 4) is 11.4 Å². The first-order chi connectivity index (χ1) is 18.2. The molecule has 0 radical (unpaired) electrons. The fraction of sp³-hybridized carbons (Fsp3) is 0.148. The first kappa shape index (κ1) is 24.9. The molecule has 2 aromatic carbocycles. The van der Waals surface area contributed by atoms with Crippen molar-refractivity contribution in [2.24, 2.45) is 7.05 Å². The van der Waals surface area contributed by atoms with Crippen molar-refractivity contribution in [2.45, 2.75) is 19.5 Å². The van der Waals surface area contributed by atoms with Gasteiger partial charge >= 0.3 is 6.18 Å². The Morgan fingerprint density at radius 3 is 2.58 bits per heavy atom. The number of nitrogens with one attached hydrogen (secondary N) is 2. The third-order valence-corrected chi connectivity index (χ3v) is 5.99. The standard InChI is InChI=1S/C27H22F3N7O/c1-3-19-20(26(38)33-18-9-4-8-17(13-18)27(28,29)30)10-5-11-22(19)34-24-21-15-32-37(2)25(21)36-23(35-24)16-7-6-12-31-14-16/h4-15H,3H2,1-2H3,(H,33,38)(H,34,35,36). The van der Waals surface area contributed by atoms with Gasteiger partial charge in [-0.05, 0) is 54.4 Å². The van der Waals surface area contributed by atoms with E-state index in [-0.39, 0.29) is 5.69 Å². The van der Waals surface area contributed by atoms with Crippen LogP contribution < -0.4 is 10.6 Å². The number of hydrogen-bond donors (Lipinski definition) is 2. The van der Waals surface area contributed by atoms with E-state index in [0.717, 1.165) is 17.7 Å². The Bertz CT molecular complexity index is 1630. The largest absolute Gasteiger partial charge is 0.416 e. The van der Waals surface area contributed by atoms with Crippen molar-refractivity contribution in [2.75, 3.05) is 10.6 Å². The summed E-state index contributed by atoms with van der Waals surface area (Å²) >= 11 is 0. The summed E-state index contributed by atoms with van der Waals surface area (Å²) < 4.78 is 41.0. The summed E-state index contributed by atoms with van der Waals surface area (Å²) in [6.45, 7) is 1.89. The number of aromatic nitrogens is 5. The molecule has 1 amide bonds. The predicted octanol–water partition coefficient (Wildman–Crippen LogP) is 6.00. The van der Waals surface area contributed by atoms with Crippen molar-refractivity contribution in [1.82, 2.24) is 24.7 Å². The molecule has 0 saturated carbocycles. The topological polar surface area (TPSA) is 97.6 Å². The monoisotopic (exact) mass is 517 g/mol. The number of nitrogens with zero attached hydrogens (tertiary/aromatic N) is 5. The molecule has 0 spiro atoms. The van der Waals surface area contributed by atoms with E-state index in [9.17, 15) is 18.0 Å². The third kappa shape index (κ3) is 4.90. The molecule has 2 N–H and O–H groups in total. The number of pyridine rings is 1. The lowest BCUT2D eigenvalue weighted by atomic mass is 10.0. The first-order valence-corrected chi connectivity index (χ1v) is 11.7. The molecular weight excluding hydrogens is 495 g/mol. The van der Waals surface area contributed by atoms with Crippen LogP contribution in [0.2, 0.25) is 0 Å². The number of aryl methyl sites for hydroxylation is 1. The van der Waals surface area contributed by atoms with Gasteiger partial charge in [-0.25, -0.2) is 9.97 Å². The van der Waals surface area contributed by atoms with E-state index in [1.165, 1.54) is 12.1 Å². The minimum absolute atomic E-state index is 0.0548. The highest BCUT2D eigenvalue weighted by Crippen LogP contribution is 2.32. The fourth-order valence-corrected chi connectivity index (χ4v) is 4.14. The zero-order valence-corrected chi connectivity index (χ0v) is 20.4. The number of carbonyl (C=O) groups excluding carboxylic acids is 1. The number of anilines is 3. The summed E-state index contributed by atoms with van der Waals surface area (Å²) in [6, 6.07) is 13.3. The van der Waals surface area contributed by atoms with E-state index in [1.54, 1.807) is 48.5 Å². The summed E-state index contributed by atoms with van der Waals surface area (Å²) in [7, 11) is 1.78. The molecule has 38 heavy (non-hydrogen) atoms. The Labute approximate surface area is 215 Å². The molecule has 0 bridgehead atoms. The molecule has 0 aliphatic carbocycles. The van der Waals surface area contributed by atoms with Crippen LogP contribution in [0.15, 0.2) is 73.2 Å². The molecular formula is C27H22F3N7O. The first-order valence-electron chi connectivity index (χ1n) is 11.7. The molecule has 3 heterocycles. The van der Waals surface area contributed by atoms with E-state index in [4.69, 9.17) is 4.98 Å². The Balaban J connectivity index is 1.51. The van der Waals surface area contributed by atoms with Crippen LogP contribution in [-0.4, -0.2) is 30.6 Å². The average molecular weight is 518 g/mol. The van der Waals surface area contributed by atoms with Crippen molar-refractivity contribution in [3.05, 3.63) is 89.9 Å². The molecule has 8 nitrogen and oxygen atoms in total. The van der Waals surface area contributed by atoms with Crippen molar-refractivity contribution in [1.29, 1.82) is 0 Å². The van der Waals surface area contributed by atoms with Gasteiger partial charge in [0.25, 0.3) is 5.91 Å². The molecule has 11 heteroatoms. The normalized spacial score (nSPS) is 11.5. The van der Waals surface area contributed by atoms with E-state index in [0.29, 0.717) is 45.9 Å². The Morgan fingerprint density at radius 2 is 1.84 bits per heavy atom. The van der Waals surface area contributed by atoms with Crippen LogP contribution in [0, 0.1) is 0 Å². The number of amides is 1. The van der Waals surface area contributed by atoms with Crippen LogP contribution in [0.3, 0.4) is 0 Å². The lowest BCUT2D eigenvalue weighted by molar-refractivity contribution is -0.137. The van der Waals surface area contributed by atoms with Gasteiger partial charge < -0.3 is 10.6 Å². The summed E-state index contributed by atoms with van der Waals surface area (Å²) in [5.74, 6) is 0.426. The van der Waals surface area contributed by atoms with Gasteiger partial charge in [-0.15, -0.1) is 0 Å². The van der Waals surface area contributed by atoms with Gasteiger partial charge in [0.2, 0.25) is 0 Å². The maximum Gasteiger partial charge on any atom is 0.416 e. The smallest absolute Gasteiger partial charge is 0.339 e. The van der Waals surface area contributed by atoms with Crippen molar-refractivity contribution < 1.29 is 18.0 Å². The van der Waals surface area contributed by atoms with Gasteiger partial charge in [0, 0.05) is 41.9 Å². The second-order valence-electron chi connectivity index (χ2n) is 8.49. The number of benzene rings is 2. The highest BCUT2D eigenvalue weighted by Gasteiger charge is 2.30. The second kappa shape index (κ2) is 9.92. The molecule has 0 unspecified atom stereocenters.